The normalized spacial score (nSPS) is 10.6. The molecule has 128 valence electrons. The lowest BCUT2D eigenvalue weighted by atomic mass is 10.2. The number of nitrogens with zero attached hydrogens (tertiary/aromatic N) is 2. The van der Waals surface area contributed by atoms with Crippen molar-refractivity contribution in [3.63, 3.8) is 0 Å². The van der Waals surface area contributed by atoms with Gasteiger partial charge in [-0.2, -0.15) is 0 Å². The molecule has 1 heterocycles. The van der Waals surface area contributed by atoms with Crippen LogP contribution in [-0.2, 0) is 11.3 Å². The van der Waals surface area contributed by atoms with Crippen molar-refractivity contribution in [1.82, 2.24) is 9.55 Å². The van der Waals surface area contributed by atoms with Crippen molar-refractivity contribution in [2.75, 3.05) is 5.32 Å². The number of hydrogen-bond donors (Lipinski definition) is 1. The van der Waals surface area contributed by atoms with Crippen molar-refractivity contribution >= 4 is 22.6 Å². The lowest BCUT2D eigenvalue weighted by Gasteiger charge is -2.12. The topological polar surface area (TPSA) is 56.2 Å². The number of para-hydroxylation sites is 5. The van der Waals surface area contributed by atoms with Crippen LogP contribution in [0.25, 0.3) is 11.0 Å². The molecule has 0 spiro atoms. The van der Waals surface area contributed by atoms with Crippen LogP contribution in [0.2, 0.25) is 0 Å². The number of carbonyl (C=O) groups is 1. The monoisotopic (exact) mass is 343 g/mol. The van der Waals surface area contributed by atoms with Gasteiger partial charge in [-0.3, -0.25) is 4.79 Å². The fourth-order valence-corrected chi connectivity index (χ4v) is 2.76. The average Bonchev–Trinajstić information content (AvgIpc) is 3.07. The summed E-state index contributed by atoms with van der Waals surface area (Å²) in [5.74, 6) is 1.18. The maximum Gasteiger partial charge on any atom is 0.244 e. The Bertz CT molecular complexity index is 1040. The second-order valence-corrected chi connectivity index (χ2v) is 5.82. The Morgan fingerprint density at radius 3 is 2.54 bits per heavy atom. The maximum atomic E-state index is 12.5. The molecule has 4 aromatic rings. The first kappa shape index (κ1) is 15.9. The van der Waals surface area contributed by atoms with E-state index in [1.807, 2.05) is 83.4 Å². The molecule has 1 amide bonds. The highest BCUT2D eigenvalue weighted by molar-refractivity contribution is 5.93. The van der Waals surface area contributed by atoms with E-state index in [0.717, 1.165) is 16.8 Å². The summed E-state index contributed by atoms with van der Waals surface area (Å²) >= 11 is 0. The predicted octanol–water partition coefficient (Wildman–Crippen LogP) is 4.47. The summed E-state index contributed by atoms with van der Waals surface area (Å²) in [6, 6.07) is 24.6. The van der Waals surface area contributed by atoms with Crippen molar-refractivity contribution < 1.29 is 9.53 Å². The number of ether oxygens (including phenoxy) is 1. The average molecular weight is 343 g/mol. The number of amides is 1. The number of hydrogen-bond acceptors (Lipinski definition) is 3. The predicted molar refractivity (Wildman–Crippen MR) is 101 cm³/mol. The highest BCUT2D eigenvalue weighted by Crippen LogP contribution is 2.29. The zero-order valence-electron chi connectivity index (χ0n) is 14.0. The van der Waals surface area contributed by atoms with Gasteiger partial charge in [-0.05, 0) is 36.4 Å². The minimum atomic E-state index is -0.141. The Morgan fingerprint density at radius 1 is 0.923 bits per heavy atom. The molecule has 0 aliphatic carbocycles. The standard InChI is InChI=1S/C21H17N3O2/c25-21(14-24-15-22-17-10-4-6-12-19(17)24)23-18-11-5-7-13-20(18)26-16-8-2-1-3-9-16/h1-13,15H,14H2,(H,23,25). The fourth-order valence-electron chi connectivity index (χ4n) is 2.76. The minimum absolute atomic E-state index is 0.141. The first-order valence-electron chi connectivity index (χ1n) is 8.31. The van der Waals surface area contributed by atoms with Gasteiger partial charge in [-0.25, -0.2) is 4.98 Å². The number of benzene rings is 3. The molecule has 5 heteroatoms. The van der Waals surface area contributed by atoms with E-state index in [4.69, 9.17) is 4.74 Å². The quantitative estimate of drug-likeness (QED) is 0.582. The molecule has 0 saturated carbocycles. The first-order chi connectivity index (χ1) is 12.8. The number of imidazole rings is 1. The summed E-state index contributed by atoms with van der Waals surface area (Å²) in [6.07, 6.45) is 1.68. The molecular weight excluding hydrogens is 326 g/mol. The van der Waals surface area contributed by atoms with Crippen LogP contribution < -0.4 is 10.1 Å². The Morgan fingerprint density at radius 2 is 1.65 bits per heavy atom. The van der Waals surface area contributed by atoms with Crippen molar-refractivity contribution in [1.29, 1.82) is 0 Å². The second kappa shape index (κ2) is 7.11. The second-order valence-electron chi connectivity index (χ2n) is 5.82. The summed E-state index contributed by atoms with van der Waals surface area (Å²) in [5.41, 5.74) is 2.43. The zero-order chi connectivity index (χ0) is 17.8. The lowest BCUT2D eigenvalue weighted by Crippen LogP contribution is -2.18. The smallest absolute Gasteiger partial charge is 0.244 e. The third-order valence-electron chi connectivity index (χ3n) is 3.97. The van der Waals surface area contributed by atoms with Crippen LogP contribution in [0.15, 0.2) is 85.2 Å². The van der Waals surface area contributed by atoms with Gasteiger partial charge in [0.25, 0.3) is 0 Å². The van der Waals surface area contributed by atoms with E-state index >= 15 is 0 Å². The van der Waals surface area contributed by atoms with Crippen LogP contribution in [0.5, 0.6) is 11.5 Å². The third-order valence-corrected chi connectivity index (χ3v) is 3.97. The van der Waals surface area contributed by atoms with E-state index in [-0.39, 0.29) is 12.5 Å². The van der Waals surface area contributed by atoms with Crippen molar-refractivity contribution in [3.8, 4) is 11.5 Å². The Kier molecular flexibility index (Phi) is 4.35. The summed E-state index contributed by atoms with van der Waals surface area (Å²) in [5, 5.41) is 2.92. The van der Waals surface area contributed by atoms with Gasteiger partial charge < -0.3 is 14.6 Å². The molecule has 26 heavy (non-hydrogen) atoms. The van der Waals surface area contributed by atoms with Gasteiger partial charge in [-0.1, -0.05) is 42.5 Å². The van der Waals surface area contributed by atoms with E-state index in [9.17, 15) is 4.79 Å². The molecular formula is C21H17N3O2. The van der Waals surface area contributed by atoms with Crippen LogP contribution in [0.4, 0.5) is 5.69 Å². The number of anilines is 1. The van der Waals surface area contributed by atoms with Crippen LogP contribution in [0, 0.1) is 0 Å². The van der Waals surface area contributed by atoms with Gasteiger partial charge in [0, 0.05) is 0 Å². The molecule has 0 bridgehead atoms. The van der Waals surface area contributed by atoms with Crippen molar-refractivity contribution in [3.05, 3.63) is 85.2 Å². The van der Waals surface area contributed by atoms with E-state index in [2.05, 4.69) is 10.3 Å². The summed E-state index contributed by atoms with van der Waals surface area (Å²) in [6.45, 7) is 0.181. The molecule has 1 aromatic heterocycles. The number of nitrogens with one attached hydrogen (secondary N) is 1. The number of aromatic nitrogens is 2. The molecule has 0 fully saturated rings. The van der Waals surface area contributed by atoms with Gasteiger partial charge in [0.15, 0.2) is 5.75 Å². The Hall–Kier alpha value is -3.60. The van der Waals surface area contributed by atoms with Crippen molar-refractivity contribution in [2.45, 2.75) is 6.54 Å². The number of fused-ring (bicyclic) bond motifs is 1. The number of rotatable bonds is 5. The summed E-state index contributed by atoms with van der Waals surface area (Å²) < 4.78 is 7.71. The lowest BCUT2D eigenvalue weighted by molar-refractivity contribution is -0.116. The third kappa shape index (κ3) is 3.42. The molecule has 0 aliphatic heterocycles. The van der Waals surface area contributed by atoms with E-state index in [0.29, 0.717) is 11.4 Å². The molecule has 0 aliphatic rings. The van der Waals surface area contributed by atoms with Crippen LogP contribution in [0.1, 0.15) is 0 Å². The van der Waals surface area contributed by atoms with Crippen LogP contribution in [0.3, 0.4) is 0 Å². The Balaban J connectivity index is 1.51. The van der Waals surface area contributed by atoms with Gasteiger partial charge >= 0.3 is 0 Å². The molecule has 0 unspecified atom stereocenters. The zero-order valence-corrected chi connectivity index (χ0v) is 14.0. The van der Waals surface area contributed by atoms with Gasteiger partial charge in [0.05, 0.1) is 23.0 Å². The maximum absolute atomic E-state index is 12.5. The molecule has 0 atom stereocenters. The van der Waals surface area contributed by atoms with E-state index in [1.54, 1.807) is 6.33 Å². The summed E-state index contributed by atoms with van der Waals surface area (Å²) in [4.78, 5) is 16.8. The first-order valence-corrected chi connectivity index (χ1v) is 8.31. The van der Waals surface area contributed by atoms with Gasteiger partial charge in [-0.15, -0.1) is 0 Å². The van der Waals surface area contributed by atoms with Crippen LogP contribution >= 0.6 is 0 Å². The fraction of sp³-hybridized carbons (Fsp3) is 0.0476. The molecule has 0 saturated heterocycles. The van der Waals surface area contributed by atoms with Gasteiger partial charge in [0.2, 0.25) is 5.91 Å². The van der Waals surface area contributed by atoms with E-state index in [1.165, 1.54) is 0 Å². The molecule has 5 nitrogen and oxygen atoms in total. The molecule has 1 N–H and O–H groups in total. The SMILES string of the molecule is O=C(Cn1cnc2ccccc21)Nc1ccccc1Oc1ccccc1. The molecule has 3 aromatic carbocycles. The van der Waals surface area contributed by atoms with E-state index < -0.39 is 0 Å². The van der Waals surface area contributed by atoms with Crippen LogP contribution in [-0.4, -0.2) is 15.5 Å². The largest absolute Gasteiger partial charge is 0.455 e. The molecule has 0 radical (unpaired) electrons. The van der Waals surface area contributed by atoms with Gasteiger partial charge in [0.1, 0.15) is 12.3 Å². The highest BCUT2D eigenvalue weighted by Gasteiger charge is 2.10. The Labute approximate surface area is 150 Å². The highest BCUT2D eigenvalue weighted by atomic mass is 16.5. The van der Waals surface area contributed by atoms with Crippen molar-refractivity contribution in [2.24, 2.45) is 0 Å². The minimum Gasteiger partial charge on any atom is -0.455 e. The number of carbonyl (C=O) groups excluding carboxylic acids is 1. The summed E-state index contributed by atoms with van der Waals surface area (Å²) in [7, 11) is 0. The molecule has 4 rings (SSSR count).